The molecule has 1 saturated heterocycles. The molecular weight excluding hydrogens is 413 g/mol. The van der Waals surface area contributed by atoms with E-state index in [1.165, 1.54) is 22.3 Å². The lowest BCUT2D eigenvalue weighted by atomic mass is 9.94. The molecule has 0 aromatic heterocycles. The average Bonchev–Trinajstić information content (AvgIpc) is 3.27. The van der Waals surface area contributed by atoms with E-state index in [1.807, 2.05) is 30.0 Å². The summed E-state index contributed by atoms with van der Waals surface area (Å²) in [6, 6.07) is 22.0. The molecule has 0 radical (unpaired) electrons. The lowest BCUT2D eigenvalue weighted by Gasteiger charge is -2.33. The summed E-state index contributed by atoms with van der Waals surface area (Å²) in [4.78, 5) is 15.1. The van der Waals surface area contributed by atoms with Crippen LogP contribution in [0.2, 0.25) is 0 Å². The van der Waals surface area contributed by atoms with Gasteiger partial charge in [-0.25, -0.2) is 9.18 Å². The molecule has 33 heavy (non-hydrogen) atoms. The van der Waals surface area contributed by atoms with Crippen molar-refractivity contribution in [2.24, 2.45) is 0 Å². The Hall–Kier alpha value is -3.40. The second kappa shape index (κ2) is 7.87. The van der Waals surface area contributed by atoms with E-state index in [2.05, 4.69) is 42.5 Å². The second-order valence-corrected chi connectivity index (χ2v) is 9.42. The summed E-state index contributed by atoms with van der Waals surface area (Å²) in [5.74, 6) is -0.151. The largest absolute Gasteiger partial charge is 0.448 e. The first-order valence-electron chi connectivity index (χ1n) is 11.7. The van der Waals surface area contributed by atoms with Gasteiger partial charge in [-0.3, -0.25) is 4.90 Å². The Balaban J connectivity index is 1.21. The fraction of sp³-hybridized carbons (Fsp3) is 0.276. The van der Waals surface area contributed by atoms with Crippen LogP contribution in [0.3, 0.4) is 0 Å². The van der Waals surface area contributed by atoms with Gasteiger partial charge < -0.3 is 4.74 Å². The minimum Gasteiger partial charge on any atom is -0.448 e. The van der Waals surface area contributed by atoms with Gasteiger partial charge in [0.25, 0.3) is 0 Å². The van der Waals surface area contributed by atoms with Gasteiger partial charge in [0, 0.05) is 12.0 Å². The van der Waals surface area contributed by atoms with Gasteiger partial charge in [-0.15, -0.1) is 0 Å². The molecule has 0 saturated carbocycles. The minimum atomic E-state index is -0.241. The van der Waals surface area contributed by atoms with Crippen molar-refractivity contribution in [2.75, 3.05) is 6.61 Å². The molecule has 3 aromatic carbocycles. The van der Waals surface area contributed by atoms with E-state index < -0.39 is 0 Å². The van der Waals surface area contributed by atoms with E-state index in [9.17, 15) is 9.18 Å². The van der Waals surface area contributed by atoms with Gasteiger partial charge in [0.2, 0.25) is 0 Å². The summed E-state index contributed by atoms with van der Waals surface area (Å²) in [5, 5.41) is 0. The monoisotopic (exact) mass is 439 g/mol. The molecule has 1 fully saturated rings. The molecule has 0 N–H and O–H groups in total. The van der Waals surface area contributed by atoms with Gasteiger partial charge in [0.05, 0.1) is 6.04 Å². The lowest BCUT2D eigenvalue weighted by Crippen LogP contribution is -2.43. The fourth-order valence-electron chi connectivity index (χ4n) is 5.92. The minimum absolute atomic E-state index is 0.0120. The number of nitrogens with zero attached hydrogens (tertiary/aromatic N) is 1. The standard InChI is InChI=1S/C29H26FNO2/c1-18-12-19(14-21(30)13-18)20-15-22-10-11-23(16-20)31(22)29(32)33-17-28-26-8-4-2-6-24(26)25-7-3-5-9-27(25)28/h2-9,12-15,22-23,28H,10-11,16-17H2,1H3. The number of halogens is 1. The van der Waals surface area contributed by atoms with Crippen LogP contribution in [0, 0.1) is 12.7 Å². The maximum absolute atomic E-state index is 13.9. The van der Waals surface area contributed by atoms with Gasteiger partial charge in [-0.2, -0.15) is 0 Å². The zero-order valence-electron chi connectivity index (χ0n) is 18.6. The number of carbonyl (C=O) groups excluding carboxylic acids is 1. The third-order valence-corrected chi connectivity index (χ3v) is 7.36. The molecular formula is C29H26FNO2. The van der Waals surface area contributed by atoms with Crippen LogP contribution in [0.25, 0.3) is 16.7 Å². The maximum atomic E-state index is 13.9. The number of aryl methyl sites for hydroxylation is 1. The summed E-state index contributed by atoms with van der Waals surface area (Å²) >= 11 is 0. The van der Waals surface area contributed by atoms with Crippen LogP contribution in [-0.4, -0.2) is 29.7 Å². The zero-order chi connectivity index (χ0) is 22.5. The van der Waals surface area contributed by atoms with Gasteiger partial charge >= 0.3 is 6.09 Å². The highest BCUT2D eigenvalue weighted by molar-refractivity contribution is 5.79. The average molecular weight is 440 g/mol. The molecule has 166 valence electrons. The van der Waals surface area contributed by atoms with E-state index in [0.29, 0.717) is 6.61 Å². The molecule has 2 heterocycles. The van der Waals surface area contributed by atoms with Crippen LogP contribution in [0.4, 0.5) is 9.18 Å². The van der Waals surface area contributed by atoms with Crippen molar-refractivity contribution in [2.45, 2.75) is 44.2 Å². The summed E-state index contributed by atoms with van der Waals surface area (Å²) in [7, 11) is 0. The molecule has 2 aliphatic heterocycles. The molecule has 4 heteroatoms. The van der Waals surface area contributed by atoms with Crippen LogP contribution in [0.1, 0.15) is 47.4 Å². The quantitative estimate of drug-likeness (QED) is 0.454. The summed E-state index contributed by atoms with van der Waals surface area (Å²) in [6.07, 6.45) is 4.51. The summed E-state index contributed by atoms with van der Waals surface area (Å²) in [6.45, 7) is 2.25. The predicted molar refractivity (Wildman–Crippen MR) is 127 cm³/mol. The zero-order valence-corrected chi connectivity index (χ0v) is 18.6. The van der Waals surface area contributed by atoms with E-state index >= 15 is 0 Å². The van der Waals surface area contributed by atoms with Crippen LogP contribution >= 0.6 is 0 Å². The first-order chi connectivity index (χ1) is 16.1. The number of ether oxygens (including phenoxy) is 1. The normalized spacial score (nSPS) is 20.9. The highest BCUT2D eigenvalue weighted by Gasteiger charge is 2.41. The number of benzene rings is 3. The Kier molecular flexibility index (Phi) is 4.83. The first kappa shape index (κ1) is 20.2. The van der Waals surface area contributed by atoms with Crippen molar-refractivity contribution in [3.63, 3.8) is 0 Å². The van der Waals surface area contributed by atoms with Crippen LogP contribution in [0.15, 0.2) is 72.8 Å². The molecule has 1 aliphatic carbocycles. The fourth-order valence-corrected chi connectivity index (χ4v) is 5.92. The number of rotatable bonds is 3. The molecule has 3 aromatic rings. The van der Waals surface area contributed by atoms with Gasteiger partial charge in [-0.05, 0) is 77.3 Å². The van der Waals surface area contributed by atoms with E-state index in [-0.39, 0.29) is 29.9 Å². The maximum Gasteiger partial charge on any atom is 0.410 e. The van der Waals surface area contributed by atoms with Crippen molar-refractivity contribution in [3.05, 3.63) is 101 Å². The first-order valence-corrected chi connectivity index (χ1v) is 11.7. The molecule has 2 unspecified atom stereocenters. The highest BCUT2D eigenvalue weighted by Crippen LogP contribution is 2.45. The molecule has 3 nitrogen and oxygen atoms in total. The number of fused-ring (bicyclic) bond motifs is 5. The van der Waals surface area contributed by atoms with Crippen molar-refractivity contribution in [1.29, 1.82) is 0 Å². The molecule has 1 amide bonds. The van der Waals surface area contributed by atoms with Crippen molar-refractivity contribution < 1.29 is 13.9 Å². The number of amides is 1. The summed E-state index contributed by atoms with van der Waals surface area (Å²) < 4.78 is 19.9. The van der Waals surface area contributed by atoms with Crippen molar-refractivity contribution >= 4 is 11.7 Å². The van der Waals surface area contributed by atoms with Gasteiger partial charge in [0.1, 0.15) is 12.4 Å². The second-order valence-electron chi connectivity index (χ2n) is 9.42. The Morgan fingerprint density at radius 2 is 1.70 bits per heavy atom. The molecule has 3 aliphatic rings. The van der Waals surface area contributed by atoms with Crippen LogP contribution < -0.4 is 0 Å². The third-order valence-electron chi connectivity index (χ3n) is 7.36. The Bertz CT molecular complexity index is 1210. The smallest absolute Gasteiger partial charge is 0.410 e. The lowest BCUT2D eigenvalue weighted by molar-refractivity contribution is 0.0866. The van der Waals surface area contributed by atoms with Crippen LogP contribution in [0.5, 0.6) is 0 Å². The number of carbonyl (C=O) groups is 1. The van der Waals surface area contributed by atoms with Crippen molar-refractivity contribution in [3.8, 4) is 11.1 Å². The van der Waals surface area contributed by atoms with Crippen LogP contribution in [-0.2, 0) is 4.74 Å². The van der Waals surface area contributed by atoms with Crippen molar-refractivity contribution in [1.82, 2.24) is 4.90 Å². The molecule has 2 atom stereocenters. The van der Waals surface area contributed by atoms with Gasteiger partial charge in [-0.1, -0.05) is 60.7 Å². The predicted octanol–water partition coefficient (Wildman–Crippen LogP) is 6.70. The number of hydrogen-bond donors (Lipinski definition) is 0. The molecule has 2 bridgehead atoms. The van der Waals surface area contributed by atoms with Gasteiger partial charge in [0.15, 0.2) is 0 Å². The SMILES string of the molecule is Cc1cc(F)cc(C2=CC3CCC(C2)N3C(=O)OCC2c3ccccc3-c3ccccc32)c1. The summed E-state index contributed by atoms with van der Waals surface area (Å²) in [5.41, 5.74) is 7.87. The highest BCUT2D eigenvalue weighted by atomic mass is 19.1. The third kappa shape index (κ3) is 3.45. The Morgan fingerprint density at radius 3 is 2.36 bits per heavy atom. The van der Waals surface area contributed by atoms with E-state index in [0.717, 1.165) is 36.0 Å². The van der Waals surface area contributed by atoms with E-state index in [4.69, 9.17) is 4.74 Å². The molecule has 0 spiro atoms. The topological polar surface area (TPSA) is 29.5 Å². The number of hydrogen-bond acceptors (Lipinski definition) is 2. The van der Waals surface area contributed by atoms with E-state index in [1.54, 1.807) is 12.1 Å². The molecule has 6 rings (SSSR count). The Labute approximate surface area is 193 Å². The Morgan fingerprint density at radius 1 is 1.00 bits per heavy atom.